The molecule has 1 saturated carbocycles. The summed E-state index contributed by atoms with van der Waals surface area (Å²) in [6.45, 7) is 0. The Balaban J connectivity index is 1.27. The number of fused-ring (bicyclic) bond motifs is 1. The number of hydrogen-bond acceptors (Lipinski definition) is 6. The Bertz CT molecular complexity index is 1470. The molecule has 1 saturated heterocycles. The fraction of sp³-hybridized carbons (Fsp3) is 0.267. The van der Waals surface area contributed by atoms with Gasteiger partial charge < -0.3 is 14.1 Å². The van der Waals surface area contributed by atoms with Gasteiger partial charge in [-0.15, -0.1) is 0 Å². The largest absolute Gasteiger partial charge is 0.497 e. The minimum atomic E-state index is -0.836. The minimum Gasteiger partial charge on any atom is -0.497 e. The van der Waals surface area contributed by atoms with Crippen molar-refractivity contribution in [1.29, 1.82) is 0 Å². The highest BCUT2D eigenvalue weighted by Gasteiger charge is 2.47. The second kappa shape index (κ2) is 9.78. The average molecular weight is 510 g/mol. The molecule has 2 fully saturated rings. The number of oxazole rings is 1. The fourth-order valence-electron chi connectivity index (χ4n) is 5.48. The number of hydrogen-bond donors (Lipinski definition) is 0. The van der Waals surface area contributed by atoms with E-state index < -0.39 is 6.04 Å². The topological polar surface area (TPSA) is 92.9 Å². The molecule has 1 aromatic heterocycles. The first-order valence-corrected chi connectivity index (χ1v) is 12.8. The van der Waals surface area contributed by atoms with E-state index in [2.05, 4.69) is 4.98 Å². The Morgan fingerprint density at radius 3 is 2.37 bits per heavy atom. The van der Waals surface area contributed by atoms with Crippen LogP contribution in [0.2, 0.25) is 0 Å². The van der Waals surface area contributed by atoms with Gasteiger partial charge in [-0.2, -0.15) is 0 Å². The number of rotatable bonds is 6. The molecule has 192 valence electrons. The van der Waals surface area contributed by atoms with Gasteiger partial charge in [0.2, 0.25) is 11.8 Å². The maximum absolute atomic E-state index is 13.7. The highest BCUT2D eigenvalue weighted by Crippen LogP contribution is 2.34. The Morgan fingerprint density at radius 2 is 1.68 bits per heavy atom. The molecule has 0 radical (unpaired) electrons. The molecule has 1 atom stereocenters. The second-order valence-electron chi connectivity index (χ2n) is 9.70. The van der Waals surface area contributed by atoms with Gasteiger partial charge in [-0.1, -0.05) is 25.0 Å². The van der Waals surface area contributed by atoms with E-state index in [-0.39, 0.29) is 30.2 Å². The van der Waals surface area contributed by atoms with Gasteiger partial charge in [-0.3, -0.25) is 14.4 Å². The third kappa shape index (κ3) is 4.22. The highest BCUT2D eigenvalue weighted by molar-refractivity contribution is 6.23. The first-order valence-electron chi connectivity index (χ1n) is 12.8. The van der Waals surface area contributed by atoms with E-state index in [0.29, 0.717) is 28.5 Å². The van der Waals surface area contributed by atoms with E-state index in [1.54, 1.807) is 60.5 Å². The molecule has 2 aliphatic rings. The number of aromatic nitrogens is 1. The number of methoxy groups -OCH3 is 1. The lowest BCUT2D eigenvalue weighted by Gasteiger charge is -2.33. The fourth-order valence-corrected chi connectivity index (χ4v) is 5.48. The zero-order chi connectivity index (χ0) is 26.2. The van der Waals surface area contributed by atoms with Gasteiger partial charge in [0.25, 0.3) is 11.8 Å². The predicted molar refractivity (Wildman–Crippen MR) is 142 cm³/mol. The molecule has 6 rings (SSSR count). The first-order chi connectivity index (χ1) is 18.5. The Morgan fingerprint density at radius 1 is 0.974 bits per heavy atom. The standard InChI is InChI=1S/C30H27N3O5/c1-37-23-16-12-20(13-17-23)29(35)32(21-6-2-3-7-21)25-18-27(34)33(30(25)36)22-14-10-19(11-15-22)28-31-24-8-4-5-9-26(24)38-28/h4-5,8-17,21,25H,2-3,6-7,18H2,1H3. The lowest BCUT2D eigenvalue weighted by atomic mass is 10.1. The van der Waals surface area contributed by atoms with E-state index in [9.17, 15) is 14.4 Å². The number of amides is 3. The SMILES string of the molecule is COc1ccc(C(=O)N(C2CCCC2)C2CC(=O)N(c3ccc(-c4nc5ccccc5o4)cc3)C2=O)cc1. The molecule has 2 heterocycles. The smallest absolute Gasteiger partial charge is 0.257 e. The molecule has 0 spiro atoms. The Hall–Kier alpha value is -4.46. The van der Waals surface area contributed by atoms with Crippen molar-refractivity contribution in [2.45, 2.75) is 44.2 Å². The van der Waals surface area contributed by atoms with Gasteiger partial charge in [0.05, 0.1) is 19.2 Å². The summed E-state index contributed by atoms with van der Waals surface area (Å²) >= 11 is 0. The number of anilines is 1. The number of para-hydroxylation sites is 2. The van der Waals surface area contributed by atoms with E-state index in [0.717, 1.165) is 36.8 Å². The molecule has 1 unspecified atom stereocenters. The van der Waals surface area contributed by atoms with Crippen molar-refractivity contribution >= 4 is 34.5 Å². The van der Waals surface area contributed by atoms with Crippen LogP contribution in [0.25, 0.3) is 22.6 Å². The van der Waals surface area contributed by atoms with Crippen molar-refractivity contribution in [3.63, 3.8) is 0 Å². The molecule has 0 N–H and O–H groups in total. The summed E-state index contributed by atoms with van der Waals surface area (Å²) in [6.07, 6.45) is 3.59. The summed E-state index contributed by atoms with van der Waals surface area (Å²) in [5, 5.41) is 0. The van der Waals surface area contributed by atoms with Gasteiger partial charge >= 0.3 is 0 Å². The van der Waals surface area contributed by atoms with Gasteiger partial charge in [0.1, 0.15) is 17.3 Å². The molecule has 0 bridgehead atoms. The van der Waals surface area contributed by atoms with Crippen molar-refractivity contribution in [1.82, 2.24) is 9.88 Å². The van der Waals surface area contributed by atoms with Crippen molar-refractivity contribution in [3.8, 4) is 17.2 Å². The summed E-state index contributed by atoms with van der Waals surface area (Å²) in [5.74, 6) is 0.179. The van der Waals surface area contributed by atoms with Crippen LogP contribution < -0.4 is 9.64 Å². The molecule has 38 heavy (non-hydrogen) atoms. The van der Waals surface area contributed by atoms with Crippen LogP contribution in [0.4, 0.5) is 5.69 Å². The highest BCUT2D eigenvalue weighted by atomic mass is 16.5. The number of nitrogens with zero attached hydrogens (tertiary/aromatic N) is 3. The first kappa shape index (κ1) is 23.9. The van der Waals surface area contributed by atoms with E-state index in [4.69, 9.17) is 9.15 Å². The summed E-state index contributed by atoms with van der Waals surface area (Å²) in [7, 11) is 1.57. The van der Waals surface area contributed by atoms with Gasteiger partial charge in [-0.05, 0) is 73.5 Å². The lowest BCUT2D eigenvalue weighted by Crippen LogP contribution is -2.50. The summed E-state index contributed by atoms with van der Waals surface area (Å²) in [6, 6.07) is 20.5. The van der Waals surface area contributed by atoms with Crippen molar-refractivity contribution in [3.05, 3.63) is 78.4 Å². The molecule has 3 aromatic carbocycles. The zero-order valence-corrected chi connectivity index (χ0v) is 21.0. The normalized spacial score (nSPS) is 17.9. The predicted octanol–water partition coefficient (Wildman–Crippen LogP) is 5.22. The van der Waals surface area contributed by atoms with E-state index in [1.165, 1.54) is 4.90 Å². The van der Waals surface area contributed by atoms with Crippen LogP contribution in [-0.2, 0) is 9.59 Å². The molecule has 4 aromatic rings. The molecular weight excluding hydrogens is 482 g/mol. The summed E-state index contributed by atoms with van der Waals surface area (Å²) in [4.78, 5) is 47.9. The van der Waals surface area contributed by atoms with Crippen molar-refractivity contribution in [2.75, 3.05) is 12.0 Å². The Kier molecular flexibility index (Phi) is 6.15. The average Bonchev–Trinajstić information content (AvgIpc) is 3.69. The van der Waals surface area contributed by atoms with Crippen LogP contribution >= 0.6 is 0 Å². The number of benzene rings is 3. The Labute approximate surface area is 219 Å². The van der Waals surface area contributed by atoms with Crippen LogP contribution in [0.3, 0.4) is 0 Å². The molecule has 8 nitrogen and oxygen atoms in total. The van der Waals surface area contributed by atoms with E-state index >= 15 is 0 Å². The van der Waals surface area contributed by atoms with Gasteiger partial charge in [-0.25, -0.2) is 9.88 Å². The van der Waals surface area contributed by atoms with E-state index in [1.807, 2.05) is 24.3 Å². The van der Waals surface area contributed by atoms with Crippen LogP contribution in [0.5, 0.6) is 5.75 Å². The number of ether oxygens (including phenoxy) is 1. The second-order valence-corrected chi connectivity index (χ2v) is 9.70. The van der Waals surface area contributed by atoms with Crippen LogP contribution in [0.15, 0.2) is 77.2 Å². The maximum atomic E-state index is 13.7. The summed E-state index contributed by atoms with van der Waals surface area (Å²) in [5.41, 5.74) is 3.12. The van der Waals surface area contributed by atoms with Crippen molar-refractivity contribution in [2.24, 2.45) is 0 Å². The number of carbonyl (C=O) groups excluding carboxylic acids is 3. The van der Waals surface area contributed by atoms with Crippen LogP contribution in [-0.4, -0.2) is 46.8 Å². The molecule has 8 heteroatoms. The molecule has 3 amide bonds. The minimum absolute atomic E-state index is 0.0376. The quantitative estimate of drug-likeness (QED) is 0.331. The lowest BCUT2D eigenvalue weighted by molar-refractivity contribution is -0.123. The number of imide groups is 1. The molecule has 1 aliphatic carbocycles. The van der Waals surface area contributed by atoms with Gasteiger partial charge in [0.15, 0.2) is 5.58 Å². The number of carbonyl (C=O) groups is 3. The monoisotopic (exact) mass is 509 g/mol. The summed E-state index contributed by atoms with van der Waals surface area (Å²) < 4.78 is 11.1. The van der Waals surface area contributed by atoms with Crippen LogP contribution in [0.1, 0.15) is 42.5 Å². The van der Waals surface area contributed by atoms with Crippen LogP contribution in [0, 0.1) is 0 Å². The zero-order valence-electron chi connectivity index (χ0n) is 21.0. The third-order valence-corrected chi connectivity index (χ3v) is 7.41. The van der Waals surface area contributed by atoms with Gasteiger partial charge in [0, 0.05) is 17.2 Å². The third-order valence-electron chi connectivity index (χ3n) is 7.41. The maximum Gasteiger partial charge on any atom is 0.257 e. The van der Waals surface area contributed by atoms with Crippen molar-refractivity contribution < 1.29 is 23.5 Å². The molecule has 1 aliphatic heterocycles. The molecular formula is C30H27N3O5.